The summed E-state index contributed by atoms with van der Waals surface area (Å²) in [6, 6.07) is 7.38. The number of hydrogen-bond donors (Lipinski definition) is 0. The van der Waals surface area contributed by atoms with Crippen LogP contribution in [-0.2, 0) is 4.74 Å². The van der Waals surface area contributed by atoms with Crippen LogP contribution in [-0.4, -0.2) is 31.0 Å². The Bertz CT molecular complexity index is 475. The molecule has 5 heteroatoms. The summed E-state index contributed by atoms with van der Waals surface area (Å²) in [4.78, 5) is 11.4. The highest BCUT2D eigenvalue weighted by Gasteiger charge is 2.23. The van der Waals surface area contributed by atoms with Gasteiger partial charge in [-0.1, -0.05) is 44.5 Å². The van der Waals surface area contributed by atoms with Crippen LogP contribution in [0.15, 0.2) is 29.4 Å². The van der Waals surface area contributed by atoms with Gasteiger partial charge in [-0.05, 0) is 17.7 Å². The topological polar surface area (TPSA) is 41.9 Å². The smallest absolute Gasteiger partial charge is 0.429 e. The normalized spacial score (nSPS) is 12.2. The first-order chi connectivity index (χ1) is 8.75. The summed E-state index contributed by atoms with van der Waals surface area (Å²) in [6.07, 6.45) is -0.504. The maximum atomic E-state index is 11.4. The number of amides is 1. The van der Waals surface area contributed by atoms with Crippen LogP contribution in [0, 0.1) is 5.41 Å². The fourth-order valence-corrected chi connectivity index (χ4v) is 1.70. The van der Waals surface area contributed by atoms with Crippen LogP contribution in [0.25, 0.3) is 0 Å². The third-order valence-electron chi connectivity index (χ3n) is 2.52. The number of ether oxygens (including phenoxy) is 1. The van der Waals surface area contributed by atoms with Crippen molar-refractivity contribution >= 4 is 23.4 Å². The maximum Gasteiger partial charge on any atom is 0.429 e. The van der Waals surface area contributed by atoms with E-state index < -0.39 is 6.09 Å². The van der Waals surface area contributed by atoms with Crippen molar-refractivity contribution in [2.24, 2.45) is 10.5 Å². The average molecular weight is 283 g/mol. The monoisotopic (exact) mass is 282 g/mol. The molecular weight excluding hydrogens is 264 g/mol. The lowest BCUT2D eigenvalue weighted by molar-refractivity contribution is 0.134. The fourth-order valence-electron chi connectivity index (χ4n) is 1.57. The number of carbonyl (C=O) groups excluding carboxylic acids is 1. The number of halogens is 1. The van der Waals surface area contributed by atoms with E-state index in [1.807, 2.05) is 32.9 Å². The summed E-state index contributed by atoms with van der Waals surface area (Å²) < 4.78 is 4.64. The highest BCUT2D eigenvalue weighted by molar-refractivity contribution is 6.30. The minimum Gasteiger partial charge on any atom is -0.451 e. The third-order valence-corrected chi connectivity index (χ3v) is 2.77. The number of hydrazone groups is 1. The molecule has 0 bridgehead atoms. The molecule has 19 heavy (non-hydrogen) atoms. The molecule has 1 rings (SSSR count). The zero-order chi connectivity index (χ0) is 14.6. The molecule has 0 aliphatic carbocycles. The Morgan fingerprint density at radius 3 is 2.21 bits per heavy atom. The predicted octanol–water partition coefficient (Wildman–Crippen LogP) is 3.79. The van der Waals surface area contributed by atoms with Crippen LogP contribution in [0.1, 0.15) is 26.3 Å². The molecule has 0 radical (unpaired) electrons. The van der Waals surface area contributed by atoms with Crippen molar-refractivity contribution in [2.75, 3.05) is 14.2 Å². The standard InChI is InChI=1S/C14H19ClN2O2/c1-14(2,3)12(16-17(4)13(18)19-5)10-6-8-11(15)9-7-10/h6-9H,1-5H3/b16-12+. The Labute approximate surface area is 119 Å². The number of nitrogens with zero attached hydrogens (tertiary/aromatic N) is 2. The summed E-state index contributed by atoms with van der Waals surface area (Å²) >= 11 is 5.88. The molecule has 1 aromatic carbocycles. The lowest BCUT2D eigenvalue weighted by Gasteiger charge is -2.23. The zero-order valence-corrected chi connectivity index (χ0v) is 12.7. The number of benzene rings is 1. The van der Waals surface area contributed by atoms with Crippen molar-refractivity contribution in [3.05, 3.63) is 34.9 Å². The minimum absolute atomic E-state index is 0.212. The summed E-state index contributed by atoms with van der Waals surface area (Å²) in [5, 5.41) is 6.21. The van der Waals surface area contributed by atoms with Crippen molar-refractivity contribution in [1.29, 1.82) is 0 Å². The molecule has 4 nitrogen and oxygen atoms in total. The lowest BCUT2D eigenvalue weighted by Crippen LogP contribution is -2.28. The first kappa shape index (κ1) is 15.5. The van der Waals surface area contributed by atoms with Crippen LogP contribution < -0.4 is 0 Å². The molecule has 0 N–H and O–H groups in total. The van der Waals surface area contributed by atoms with Crippen LogP contribution in [0.4, 0.5) is 4.79 Å². The molecule has 0 saturated carbocycles. The van der Waals surface area contributed by atoms with E-state index >= 15 is 0 Å². The summed E-state index contributed by atoms with van der Waals surface area (Å²) in [6.45, 7) is 6.10. The van der Waals surface area contributed by atoms with Gasteiger partial charge < -0.3 is 4.74 Å². The first-order valence-corrected chi connectivity index (χ1v) is 6.30. The maximum absolute atomic E-state index is 11.4. The molecule has 0 aromatic heterocycles. The van der Waals surface area contributed by atoms with Crippen molar-refractivity contribution in [1.82, 2.24) is 5.01 Å². The van der Waals surface area contributed by atoms with Crippen molar-refractivity contribution in [3.63, 3.8) is 0 Å². The Morgan fingerprint density at radius 2 is 1.79 bits per heavy atom. The van der Waals surface area contributed by atoms with E-state index in [1.54, 1.807) is 19.2 Å². The molecule has 1 amide bonds. The number of hydrogen-bond acceptors (Lipinski definition) is 3. The molecule has 0 fully saturated rings. The zero-order valence-electron chi connectivity index (χ0n) is 11.9. The highest BCUT2D eigenvalue weighted by Crippen LogP contribution is 2.23. The van der Waals surface area contributed by atoms with Gasteiger partial charge in [0.2, 0.25) is 0 Å². The second-order valence-electron chi connectivity index (χ2n) is 5.20. The van der Waals surface area contributed by atoms with Gasteiger partial charge in [-0.3, -0.25) is 0 Å². The Kier molecular flexibility index (Phi) is 4.95. The number of carbonyl (C=O) groups is 1. The third kappa shape index (κ3) is 4.24. The second kappa shape index (κ2) is 6.06. The minimum atomic E-state index is -0.504. The van der Waals surface area contributed by atoms with Crippen molar-refractivity contribution in [2.45, 2.75) is 20.8 Å². The SMILES string of the molecule is COC(=O)N(C)/N=C(\c1ccc(Cl)cc1)C(C)(C)C. The van der Waals surface area contributed by atoms with Gasteiger partial charge in [-0.25, -0.2) is 9.80 Å². The van der Waals surface area contributed by atoms with E-state index in [0.29, 0.717) is 5.02 Å². The molecule has 0 spiro atoms. The van der Waals surface area contributed by atoms with E-state index in [2.05, 4.69) is 9.84 Å². The molecule has 0 aliphatic rings. The van der Waals surface area contributed by atoms with Crippen LogP contribution in [0.5, 0.6) is 0 Å². The van der Waals surface area contributed by atoms with Gasteiger partial charge >= 0.3 is 6.09 Å². The van der Waals surface area contributed by atoms with Crippen LogP contribution in [0.3, 0.4) is 0 Å². The molecule has 0 saturated heterocycles. The fraction of sp³-hybridized carbons (Fsp3) is 0.429. The van der Waals surface area contributed by atoms with Gasteiger partial charge in [0, 0.05) is 17.5 Å². The lowest BCUT2D eigenvalue weighted by atomic mass is 9.86. The summed E-state index contributed by atoms with van der Waals surface area (Å²) in [5.41, 5.74) is 1.50. The molecule has 0 atom stereocenters. The predicted molar refractivity (Wildman–Crippen MR) is 77.6 cm³/mol. The number of rotatable bonds is 2. The first-order valence-electron chi connectivity index (χ1n) is 5.92. The second-order valence-corrected chi connectivity index (χ2v) is 5.64. The van der Waals surface area contributed by atoms with E-state index in [1.165, 1.54) is 12.1 Å². The molecular formula is C14H19ClN2O2. The van der Waals surface area contributed by atoms with Gasteiger partial charge in [0.1, 0.15) is 0 Å². The Morgan fingerprint density at radius 1 is 1.26 bits per heavy atom. The molecule has 1 aromatic rings. The van der Waals surface area contributed by atoms with Gasteiger partial charge in [0.05, 0.1) is 12.8 Å². The average Bonchev–Trinajstić information content (AvgIpc) is 2.34. The Hall–Kier alpha value is -1.55. The largest absolute Gasteiger partial charge is 0.451 e. The summed E-state index contributed by atoms with van der Waals surface area (Å²) in [7, 11) is 2.89. The quantitative estimate of drug-likeness (QED) is 0.612. The van der Waals surface area contributed by atoms with Gasteiger partial charge in [-0.15, -0.1) is 0 Å². The van der Waals surface area contributed by atoms with E-state index in [0.717, 1.165) is 11.3 Å². The summed E-state index contributed by atoms with van der Waals surface area (Å²) in [5.74, 6) is 0. The van der Waals surface area contributed by atoms with Crippen LogP contribution in [0.2, 0.25) is 5.02 Å². The van der Waals surface area contributed by atoms with Gasteiger partial charge in [-0.2, -0.15) is 5.10 Å². The molecule has 0 aliphatic heterocycles. The van der Waals surface area contributed by atoms with Crippen molar-refractivity contribution < 1.29 is 9.53 Å². The van der Waals surface area contributed by atoms with E-state index in [4.69, 9.17) is 11.6 Å². The Balaban J connectivity index is 3.20. The molecule has 104 valence electrons. The highest BCUT2D eigenvalue weighted by atomic mass is 35.5. The van der Waals surface area contributed by atoms with E-state index in [-0.39, 0.29) is 5.41 Å². The van der Waals surface area contributed by atoms with Crippen LogP contribution >= 0.6 is 11.6 Å². The van der Waals surface area contributed by atoms with Crippen molar-refractivity contribution in [3.8, 4) is 0 Å². The van der Waals surface area contributed by atoms with E-state index in [9.17, 15) is 4.79 Å². The molecule has 0 heterocycles. The number of methoxy groups -OCH3 is 1. The van der Waals surface area contributed by atoms with Gasteiger partial charge in [0.25, 0.3) is 0 Å². The van der Waals surface area contributed by atoms with Gasteiger partial charge in [0.15, 0.2) is 0 Å². The molecule has 0 unspecified atom stereocenters.